The van der Waals surface area contributed by atoms with Crippen molar-refractivity contribution in [3.05, 3.63) is 21.3 Å². The molecule has 1 saturated carbocycles. The molecule has 0 aliphatic heterocycles. The number of hydrogen-bond donors (Lipinski definition) is 1. The molecule has 0 radical (unpaired) electrons. The predicted octanol–water partition coefficient (Wildman–Crippen LogP) is 3.72. The first-order valence-electron chi connectivity index (χ1n) is 5.69. The van der Waals surface area contributed by atoms with Gasteiger partial charge in [0.15, 0.2) is 0 Å². The molecule has 0 aromatic carbocycles. The summed E-state index contributed by atoms with van der Waals surface area (Å²) in [5.74, 6) is 0.970. The van der Waals surface area contributed by atoms with E-state index in [0.717, 1.165) is 16.7 Å². The van der Waals surface area contributed by atoms with E-state index in [0.29, 0.717) is 6.04 Å². The summed E-state index contributed by atoms with van der Waals surface area (Å²) < 4.78 is 0.906. The molecule has 1 aliphatic carbocycles. The van der Waals surface area contributed by atoms with Crippen LogP contribution in [0.5, 0.6) is 0 Å². The van der Waals surface area contributed by atoms with Gasteiger partial charge in [0.2, 0.25) is 0 Å². The van der Waals surface area contributed by atoms with Gasteiger partial charge in [0.25, 0.3) is 0 Å². The monoisotopic (exact) mass is 243 g/mol. The van der Waals surface area contributed by atoms with Crippen molar-refractivity contribution in [2.75, 3.05) is 7.05 Å². The molecule has 15 heavy (non-hydrogen) atoms. The van der Waals surface area contributed by atoms with Crippen molar-refractivity contribution in [3.8, 4) is 0 Å². The van der Waals surface area contributed by atoms with Crippen LogP contribution in [0.15, 0.2) is 12.1 Å². The molecule has 1 heterocycles. The minimum Gasteiger partial charge on any atom is -0.317 e. The molecule has 1 N–H and O–H groups in total. The van der Waals surface area contributed by atoms with Gasteiger partial charge in [0.05, 0.1) is 4.34 Å². The molecule has 0 bridgehead atoms. The first-order chi connectivity index (χ1) is 7.28. The highest BCUT2D eigenvalue weighted by Gasteiger charge is 2.21. The number of nitrogens with one attached hydrogen (secondary N) is 1. The van der Waals surface area contributed by atoms with E-state index in [1.807, 2.05) is 6.07 Å². The van der Waals surface area contributed by atoms with E-state index in [-0.39, 0.29) is 0 Å². The smallest absolute Gasteiger partial charge is 0.0931 e. The number of likely N-dealkylation sites (N-methyl/N-ethyl adjacent to an activating group) is 1. The predicted molar refractivity (Wildman–Crippen MR) is 67.8 cm³/mol. The molecule has 3 heteroatoms. The van der Waals surface area contributed by atoms with Gasteiger partial charge in [0, 0.05) is 10.9 Å². The fraction of sp³-hybridized carbons (Fsp3) is 0.667. The lowest BCUT2D eigenvalue weighted by atomic mass is 9.80. The lowest BCUT2D eigenvalue weighted by molar-refractivity contribution is 0.264. The zero-order chi connectivity index (χ0) is 10.7. The second-order valence-corrected chi connectivity index (χ2v) is 6.23. The maximum atomic E-state index is 5.93. The Morgan fingerprint density at radius 2 is 2.33 bits per heavy atom. The van der Waals surface area contributed by atoms with Crippen LogP contribution >= 0.6 is 22.9 Å². The van der Waals surface area contributed by atoms with E-state index >= 15 is 0 Å². The van der Waals surface area contributed by atoms with Gasteiger partial charge in [-0.2, -0.15) is 0 Å². The molecule has 84 valence electrons. The fourth-order valence-electron chi connectivity index (χ4n) is 2.14. The summed E-state index contributed by atoms with van der Waals surface area (Å²) in [6.45, 7) is 0. The van der Waals surface area contributed by atoms with Crippen LogP contribution in [-0.2, 0) is 6.42 Å². The third-order valence-electron chi connectivity index (χ3n) is 3.33. The Kier molecular flexibility index (Phi) is 4.06. The van der Waals surface area contributed by atoms with Gasteiger partial charge in [-0.25, -0.2) is 0 Å². The highest BCUT2D eigenvalue weighted by atomic mass is 35.5. The van der Waals surface area contributed by atoms with Crippen molar-refractivity contribution in [2.45, 2.75) is 38.1 Å². The summed E-state index contributed by atoms with van der Waals surface area (Å²) in [6.07, 6.45) is 6.76. The zero-order valence-electron chi connectivity index (χ0n) is 9.13. The van der Waals surface area contributed by atoms with Crippen LogP contribution in [0.3, 0.4) is 0 Å². The van der Waals surface area contributed by atoms with Crippen molar-refractivity contribution in [1.82, 2.24) is 5.32 Å². The maximum Gasteiger partial charge on any atom is 0.0931 e. The van der Waals surface area contributed by atoms with Crippen molar-refractivity contribution in [2.24, 2.45) is 5.92 Å². The van der Waals surface area contributed by atoms with Crippen molar-refractivity contribution < 1.29 is 0 Å². The Labute approximate surface area is 101 Å². The van der Waals surface area contributed by atoms with E-state index in [1.165, 1.54) is 30.6 Å². The minimum atomic E-state index is 0.630. The molecule has 1 aromatic rings. The fourth-order valence-corrected chi connectivity index (χ4v) is 3.31. The Balaban J connectivity index is 1.84. The lowest BCUT2D eigenvalue weighted by Crippen LogP contribution is -2.31. The Morgan fingerprint density at radius 1 is 1.53 bits per heavy atom. The van der Waals surface area contributed by atoms with Gasteiger partial charge in [-0.1, -0.05) is 30.9 Å². The molecule has 0 spiro atoms. The summed E-state index contributed by atoms with van der Waals surface area (Å²) >= 11 is 7.64. The van der Waals surface area contributed by atoms with Gasteiger partial charge in [-0.3, -0.25) is 0 Å². The molecule has 1 aromatic heterocycles. The minimum absolute atomic E-state index is 0.630. The average Bonchev–Trinajstić information content (AvgIpc) is 2.55. The molecule has 0 saturated heterocycles. The van der Waals surface area contributed by atoms with Gasteiger partial charge >= 0.3 is 0 Å². The van der Waals surface area contributed by atoms with E-state index in [4.69, 9.17) is 11.6 Å². The van der Waals surface area contributed by atoms with Crippen LogP contribution in [0.2, 0.25) is 4.34 Å². The summed E-state index contributed by atoms with van der Waals surface area (Å²) in [5, 5.41) is 3.42. The van der Waals surface area contributed by atoms with E-state index in [1.54, 1.807) is 11.3 Å². The highest BCUT2D eigenvalue weighted by Crippen LogP contribution is 2.31. The zero-order valence-corrected chi connectivity index (χ0v) is 10.7. The first-order valence-corrected chi connectivity index (χ1v) is 6.89. The molecule has 1 unspecified atom stereocenters. The second kappa shape index (κ2) is 5.33. The van der Waals surface area contributed by atoms with E-state index in [9.17, 15) is 0 Å². The molecule has 1 fully saturated rings. The molecule has 1 aliphatic rings. The van der Waals surface area contributed by atoms with E-state index < -0.39 is 0 Å². The van der Waals surface area contributed by atoms with E-state index in [2.05, 4.69) is 18.4 Å². The van der Waals surface area contributed by atoms with Crippen molar-refractivity contribution in [3.63, 3.8) is 0 Å². The third-order valence-corrected chi connectivity index (χ3v) is 4.58. The van der Waals surface area contributed by atoms with Crippen LogP contribution in [0.4, 0.5) is 0 Å². The molecule has 0 amide bonds. The number of hydrogen-bond acceptors (Lipinski definition) is 2. The standard InChI is InChI=1S/C12H18ClNS/c1-14-10(7-9-3-2-4-9)8-11-5-6-12(13)15-11/h5-6,9-10,14H,2-4,7-8H2,1H3. The SMILES string of the molecule is CNC(Cc1ccc(Cl)s1)CC1CCC1. The summed E-state index contributed by atoms with van der Waals surface area (Å²) in [4.78, 5) is 1.40. The average molecular weight is 244 g/mol. The topological polar surface area (TPSA) is 12.0 Å². The first kappa shape index (κ1) is 11.4. The van der Waals surface area contributed by atoms with Gasteiger partial charge < -0.3 is 5.32 Å². The van der Waals surface area contributed by atoms with Crippen LogP contribution in [0.25, 0.3) is 0 Å². The van der Waals surface area contributed by atoms with Gasteiger partial charge in [-0.05, 0) is 37.9 Å². The molecule has 1 atom stereocenters. The second-order valence-electron chi connectivity index (χ2n) is 4.43. The Morgan fingerprint density at radius 3 is 2.80 bits per heavy atom. The number of rotatable bonds is 5. The summed E-state index contributed by atoms with van der Waals surface area (Å²) in [7, 11) is 2.07. The molecule has 2 rings (SSSR count). The number of halogens is 1. The van der Waals surface area contributed by atoms with Crippen molar-refractivity contribution >= 4 is 22.9 Å². The highest BCUT2D eigenvalue weighted by molar-refractivity contribution is 7.16. The Bertz CT molecular complexity index is 306. The van der Waals surface area contributed by atoms with Crippen LogP contribution < -0.4 is 5.32 Å². The summed E-state index contributed by atoms with van der Waals surface area (Å²) in [5.41, 5.74) is 0. The molecular formula is C12H18ClNS. The largest absolute Gasteiger partial charge is 0.317 e. The summed E-state index contributed by atoms with van der Waals surface area (Å²) in [6, 6.07) is 4.78. The van der Waals surface area contributed by atoms with Crippen molar-refractivity contribution in [1.29, 1.82) is 0 Å². The van der Waals surface area contributed by atoms with Crippen LogP contribution in [0.1, 0.15) is 30.6 Å². The third kappa shape index (κ3) is 3.20. The molecular weight excluding hydrogens is 226 g/mol. The lowest BCUT2D eigenvalue weighted by Gasteiger charge is -2.29. The normalized spacial score (nSPS) is 18.8. The van der Waals surface area contributed by atoms with Crippen LogP contribution in [-0.4, -0.2) is 13.1 Å². The number of thiophene rings is 1. The Hall–Kier alpha value is -0.0500. The maximum absolute atomic E-state index is 5.93. The van der Waals surface area contributed by atoms with Crippen LogP contribution in [0, 0.1) is 5.92 Å². The molecule has 1 nitrogen and oxygen atoms in total. The quantitative estimate of drug-likeness (QED) is 0.831. The van der Waals surface area contributed by atoms with Gasteiger partial charge in [-0.15, -0.1) is 11.3 Å². The van der Waals surface area contributed by atoms with Gasteiger partial charge in [0.1, 0.15) is 0 Å².